The zero-order valence-corrected chi connectivity index (χ0v) is 19.4. The number of carbonyl (C=O) groups is 3. The van der Waals surface area contributed by atoms with Gasteiger partial charge in [0.15, 0.2) is 12.4 Å². The van der Waals surface area contributed by atoms with Gasteiger partial charge in [0.25, 0.3) is 17.6 Å². The summed E-state index contributed by atoms with van der Waals surface area (Å²) in [5.41, 5.74) is 11.2. The molecule has 0 saturated heterocycles. The molecule has 0 fully saturated rings. The average molecular weight is 472 g/mol. The minimum Gasteiger partial charge on any atom is -0.483 e. The predicted octanol–water partition coefficient (Wildman–Crippen LogP) is 3.46. The second-order valence-corrected chi connectivity index (χ2v) is 8.10. The number of aryl methyl sites for hydroxylation is 1. The van der Waals surface area contributed by atoms with Gasteiger partial charge >= 0.3 is 0 Å². The van der Waals surface area contributed by atoms with Crippen LogP contribution in [0.4, 0.5) is 0 Å². The Kier molecular flexibility index (Phi) is 6.82. The molecule has 0 saturated carbocycles. The van der Waals surface area contributed by atoms with Crippen molar-refractivity contribution in [3.8, 4) is 11.5 Å². The van der Waals surface area contributed by atoms with E-state index in [9.17, 15) is 14.4 Å². The Labute approximate surface area is 202 Å². The van der Waals surface area contributed by atoms with Crippen molar-refractivity contribution in [1.82, 2.24) is 10.0 Å². The van der Waals surface area contributed by atoms with E-state index in [-0.39, 0.29) is 17.9 Å². The van der Waals surface area contributed by atoms with Crippen LogP contribution >= 0.6 is 0 Å². The van der Waals surface area contributed by atoms with Crippen LogP contribution < -0.4 is 20.8 Å². The molecule has 3 aromatic carbocycles. The second-order valence-electron chi connectivity index (χ2n) is 8.10. The maximum absolute atomic E-state index is 12.8. The predicted molar refractivity (Wildman–Crippen MR) is 131 cm³/mol. The fraction of sp³-hybridized carbons (Fsp3) is 0.148. The summed E-state index contributed by atoms with van der Waals surface area (Å²) < 4.78 is 7.69. The zero-order chi connectivity index (χ0) is 24.9. The van der Waals surface area contributed by atoms with Crippen LogP contribution in [0.3, 0.4) is 0 Å². The third-order valence-corrected chi connectivity index (χ3v) is 5.61. The van der Waals surface area contributed by atoms with Crippen molar-refractivity contribution >= 4 is 28.5 Å². The first-order chi connectivity index (χ1) is 16.8. The number of aromatic nitrogens is 1. The van der Waals surface area contributed by atoms with Crippen LogP contribution in [0.25, 0.3) is 10.9 Å². The van der Waals surface area contributed by atoms with Crippen LogP contribution in [0.2, 0.25) is 0 Å². The molecule has 35 heavy (non-hydrogen) atoms. The highest BCUT2D eigenvalue weighted by Crippen LogP contribution is 2.34. The number of nitrogens with two attached hydrogens (primary N) is 1. The molecule has 0 radical (unpaired) electrons. The lowest BCUT2D eigenvalue weighted by Gasteiger charge is -2.11. The number of carbonyl (C=O) groups excluding carboxylic acids is 3. The molecule has 0 spiro atoms. The average Bonchev–Trinajstić information content (AvgIpc) is 3.14. The highest BCUT2D eigenvalue weighted by molar-refractivity contribution is 6.45. The number of hydroxylamine groups is 1. The van der Waals surface area contributed by atoms with Crippen molar-refractivity contribution in [3.63, 3.8) is 0 Å². The number of Topliss-reactive ketones (excluding diaryl/α,β-unsaturated/α-hetero) is 1. The lowest BCUT2D eigenvalue weighted by molar-refractivity contribution is -0.129. The molecule has 4 aromatic rings. The number of ketones is 1. The van der Waals surface area contributed by atoms with Gasteiger partial charge in [0.05, 0.1) is 16.5 Å². The molecule has 2 amide bonds. The summed E-state index contributed by atoms with van der Waals surface area (Å²) in [6.45, 7) is 3.82. The van der Waals surface area contributed by atoms with Crippen molar-refractivity contribution in [1.29, 1.82) is 0 Å². The first-order valence-corrected chi connectivity index (χ1v) is 11.0. The summed E-state index contributed by atoms with van der Waals surface area (Å²) in [4.78, 5) is 42.2. The Morgan fingerprint density at radius 3 is 2.31 bits per heavy atom. The van der Waals surface area contributed by atoms with Gasteiger partial charge in [-0.15, -0.1) is 0 Å². The molecule has 0 unspecified atom stereocenters. The van der Waals surface area contributed by atoms with E-state index < -0.39 is 17.6 Å². The second kappa shape index (κ2) is 10.1. The van der Waals surface area contributed by atoms with E-state index in [1.807, 2.05) is 60.0 Å². The monoisotopic (exact) mass is 471 g/mol. The van der Waals surface area contributed by atoms with Crippen LogP contribution in [0.5, 0.6) is 11.5 Å². The number of rotatable bonds is 9. The molecular formula is C27H25N3O5. The molecule has 0 aliphatic carbocycles. The minimum absolute atomic E-state index is 0.162. The van der Waals surface area contributed by atoms with Gasteiger partial charge in [-0.3, -0.25) is 14.4 Å². The standard InChI is InChI=1S/C27H25N3O5/c1-17-11-13-20(14-12-17)35-29-23(31)16-34-22-10-6-9-21-25(22)24(26(32)27(28)33)18(2)30(21)15-19-7-4-3-5-8-19/h3-14H,15-16H2,1-2H3,(H2,28,33)(H,29,31). The topological polar surface area (TPSA) is 113 Å². The number of primary amides is 1. The third-order valence-electron chi connectivity index (χ3n) is 5.61. The molecule has 4 rings (SSSR count). The van der Waals surface area contributed by atoms with Gasteiger partial charge in [0.2, 0.25) is 0 Å². The minimum atomic E-state index is -1.06. The molecule has 8 nitrogen and oxygen atoms in total. The van der Waals surface area contributed by atoms with E-state index in [1.54, 1.807) is 31.2 Å². The summed E-state index contributed by atoms with van der Waals surface area (Å²) in [5.74, 6) is -1.64. The van der Waals surface area contributed by atoms with Crippen molar-refractivity contribution in [2.24, 2.45) is 5.73 Å². The number of nitrogens with one attached hydrogen (secondary N) is 1. The zero-order valence-electron chi connectivity index (χ0n) is 19.4. The van der Waals surface area contributed by atoms with E-state index in [2.05, 4.69) is 5.48 Å². The maximum atomic E-state index is 12.8. The van der Waals surface area contributed by atoms with Crippen molar-refractivity contribution < 1.29 is 24.0 Å². The summed E-state index contributed by atoms with van der Waals surface area (Å²) in [5, 5.41) is 0.428. The molecule has 8 heteroatoms. The maximum Gasteiger partial charge on any atom is 0.290 e. The number of nitrogens with zero attached hydrogens (tertiary/aromatic N) is 1. The number of hydrogen-bond donors (Lipinski definition) is 2. The fourth-order valence-corrected chi connectivity index (χ4v) is 3.88. The Morgan fingerprint density at radius 2 is 1.63 bits per heavy atom. The summed E-state index contributed by atoms with van der Waals surface area (Å²) in [7, 11) is 0. The lowest BCUT2D eigenvalue weighted by atomic mass is 10.1. The Bertz CT molecular complexity index is 1390. The van der Waals surface area contributed by atoms with Gasteiger partial charge in [-0.1, -0.05) is 54.1 Å². The van der Waals surface area contributed by atoms with Crippen LogP contribution in [-0.4, -0.2) is 28.8 Å². The van der Waals surface area contributed by atoms with E-state index in [0.29, 0.717) is 28.9 Å². The van der Waals surface area contributed by atoms with Gasteiger partial charge in [0.1, 0.15) is 5.75 Å². The third kappa shape index (κ3) is 5.16. The van der Waals surface area contributed by atoms with E-state index in [0.717, 1.165) is 11.1 Å². The number of benzene rings is 3. The highest BCUT2D eigenvalue weighted by atomic mass is 16.7. The number of ether oxygens (including phenoxy) is 1. The number of fused-ring (bicyclic) bond motifs is 1. The van der Waals surface area contributed by atoms with Crippen LogP contribution in [0, 0.1) is 13.8 Å². The SMILES string of the molecule is Cc1ccc(ONC(=O)COc2cccc3c2c(C(=O)C(N)=O)c(C)n3Cc2ccccc2)cc1. The van der Waals surface area contributed by atoms with E-state index >= 15 is 0 Å². The largest absolute Gasteiger partial charge is 0.483 e. The van der Waals surface area contributed by atoms with Gasteiger partial charge < -0.3 is 19.9 Å². The summed E-state index contributed by atoms with van der Waals surface area (Å²) in [6, 6.07) is 22.1. The van der Waals surface area contributed by atoms with E-state index in [1.165, 1.54) is 0 Å². The molecule has 0 bridgehead atoms. The Balaban J connectivity index is 1.62. The smallest absolute Gasteiger partial charge is 0.290 e. The summed E-state index contributed by atoms with van der Waals surface area (Å²) in [6.07, 6.45) is 0. The number of hydrogen-bond acceptors (Lipinski definition) is 5. The van der Waals surface area contributed by atoms with Crippen molar-refractivity contribution in [2.75, 3.05) is 6.61 Å². The Morgan fingerprint density at radius 1 is 0.914 bits per heavy atom. The summed E-state index contributed by atoms with van der Waals surface area (Å²) >= 11 is 0. The van der Waals surface area contributed by atoms with Crippen molar-refractivity contribution in [2.45, 2.75) is 20.4 Å². The van der Waals surface area contributed by atoms with Gasteiger partial charge in [-0.25, -0.2) is 0 Å². The van der Waals surface area contributed by atoms with Crippen molar-refractivity contribution in [3.05, 3.63) is 95.2 Å². The highest BCUT2D eigenvalue weighted by Gasteiger charge is 2.26. The molecule has 0 atom stereocenters. The van der Waals surface area contributed by atoms with Crippen LogP contribution in [-0.2, 0) is 16.1 Å². The van der Waals surface area contributed by atoms with Gasteiger partial charge in [0, 0.05) is 12.2 Å². The molecule has 0 aliphatic heterocycles. The van der Waals surface area contributed by atoms with Crippen LogP contribution in [0.1, 0.15) is 27.2 Å². The van der Waals surface area contributed by atoms with E-state index in [4.69, 9.17) is 15.3 Å². The van der Waals surface area contributed by atoms with Crippen LogP contribution in [0.15, 0.2) is 72.8 Å². The molecular weight excluding hydrogens is 446 g/mol. The number of amides is 2. The fourth-order valence-electron chi connectivity index (χ4n) is 3.88. The van der Waals surface area contributed by atoms with Gasteiger partial charge in [-0.2, -0.15) is 5.48 Å². The molecule has 0 aliphatic rings. The first kappa shape index (κ1) is 23.6. The quantitative estimate of drug-likeness (QED) is 0.221. The normalized spacial score (nSPS) is 10.7. The Hall–Kier alpha value is -4.59. The molecule has 178 valence electrons. The van der Waals surface area contributed by atoms with Gasteiger partial charge in [-0.05, 0) is 43.7 Å². The molecule has 3 N–H and O–H groups in total. The molecule has 1 aromatic heterocycles. The first-order valence-electron chi connectivity index (χ1n) is 11.0. The lowest BCUT2D eigenvalue weighted by Crippen LogP contribution is -2.31. The molecule has 1 heterocycles.